The summed E-state index contributed by atoms with van der Waals surface area (Å²) in [7, 11) is 0. The van der Waals surface area contributed by atoms with Gasteiger partial charge in [0.2, 0.25) is 0 Å². The van der Waals surface area contributed by atoms with Crippen LogP contribution < -0.4 is 4.90 Å². The van der Waals surface area contributed by atoms with Crippen molar-refractivity contribution in [3.63, 3.8) is 0 Å². The largest absolute Gasteiger partial charge is 0.370 e. The molecule has 3 heterocycles. The molecule has 1 aliphatic rings. The lowest BCUT2D eigenvalue weighted by molar-refractivity contribution is -0.112. The van der Waals surface area contributed by atoms with Crippen molar-refractivity contribution >= 4 is 28.1 Å². The molecule has 23 heavy (non-hydrogen) atoms. The second kappa shape index (κ2) is 6.82. The van der Waals surface area contributed by atoms with E-state index in [-0.39, 0.29) is 5.78 Å². The average Bonchev–Trinajstić information content (AvgIpc) is 2.98. The minimum atomic E-state index is 0.0487. The van der Waals surface area contributed by atoms with Crippen molar-refractivity contribution in [2.45, 2.75) is 33.1 Å². The zero-order valence-corrected chi connectivity index (χ0v) is 13.8. The van der Waals surface area contributed by atoms with Crippen molar-refractivity contribution in [3.8, 4) is 0 Å². The number of piperidine rings is 1. The molecule has 1 saturated heterocycles. The molecule has 4 nitrogen and oxygen atoms in total. The molecule has 120 valence electrons. The number of carbonyl (C=O) groups is 1. The molecular weight excluding hydrogens is 286 g/mol. The van der Waals surface area contributed by atoms with Gasteiger partial charge >= 0.3 is 0 Å². The van der Waals surface area contributed by atoms with Crippen LogP contribution in [-0.2, 0) is 4.79 Å². The lowest BCUT2D eigenvalue weighted by atomic mass is 10.0. The van der Waals surface area contributed by atoms with Gasteiger partial charge < -0.3 is 9.88 Å². The molecule has 3 rings (SSSR count). The second-order valence-corrected chi connectivity index (χ2v) is 6.05. The lowest BCUT2D eigenvalue weighted by Crippen LogP contribution is -2.29. The summed E-state index contributed by atoms with van der Waals surface area (Å²) in [6.07, 6.45) is 13.3. The predicted octanol–water partition coefficient (Wildman–Crippen LogP) is 4.10. The summed E-state index contributed by atoms with van der Waals surface area (Å²) in [6.45, 7) is 5.73. The normalized spacial score (nSPS) is 16.4. The van der Waals surface area contributed by atoms with Crippen molar-refractivity contribution in [3.05, 3.63) is 42.3 Å². The standard InChI is InChI=1S/C19H23N3O/c1-3-7-15(10-14(2)23)18-13-21-19-17(18)11-16(12-20-19)22-8-5-4-6-9-22/h3,7,10-13H,4-6,8-9H2,1-2H3,(H,20,21)/b7-3-,15-10+. The topological polar surface area (TPSA) is 49.0 Å². The lowest BCUT2D eigenvalue weighted by Gasteiger charge is -2.28. The summed E-state index contributed by atoms with van der Waals surface area (Å²) >= 11 is 0. The number of nitrogens with zero attached hydrogens (tertiary/aromatic N) is 2. The molecule has 1 fully saturated rings. The number of ketones is 1. The van der Waals surface area contributed by atoms with Crippen LogP contribution in [0.15, 0.2) is 36.7 Å². The molecule has 0 aliphatic carbocycles. The van der Waals surface area contributed by atoms with Gasteiger partial charge in [-0.3, -0.25) is 4.79 Å². The number of hydrogen-bond donors (Lipinski definition) is 1. The van der Waals surface area contributed by atoms with E-state index in [9.17, 15) is 4.79 Å². The Labute approximate surface area is 136 Å². The SMILES string of the molecule is C/C=C\C(=C/C(C)=O)c1c[nH]c2ncc(N3CCCCC3)cc12. The van der Waals surface area contributed by atoms with Gasteiger partial charge in [0.1, 0.15) is 5.65 Å². The van der Waals surface area contributed by atoms with Crippen molar-refractivity contribution < 1.29 is 4.79 Å². The van der Waals surface area contributed by atoms with Gasteiger partial charge in [0.15, 0.2) is 5.78 Å². The van der Waals surface area contributed by atoms with Crippen LogP contribution >= 0.6 is 0 Å². The highest BCUT2D eigenvalue weighted by Gasteiger charge is 2.14. The van der Waals surface area contributed by atoms with E-state index < -0.39 is 0 Å². The van der Waals surface area contributed by atoms with Gasteiger partial charge in [-0.2, -0.15) is 0 Å². The number of fused-ring (bicyclic) bond motifs is 1. The van der Waals surface area contributed by atoms with Crippen molar-refractivity contribution in [1.29, 1.82) is 0 Å². The molecule has 1 aliphatic heterocycles. The molecule has 2 aromatic heterocycles. The Morgan fingerprint density at radius 2 is 2.09 bits per heavy atom. The Balaban J connectivity index is 2.05. The van der Waals surface area contributed by atoms with Crippen LogP contribution in [0.2, 0.25) is 0 Å². The maximum Gasteiger partial charge on any atom is 0.153 e. The zero-order chi connectivity index (χ0) is 16.2. The predicted molar refractivity (Wildman–Crippen MR) is 95.6 cm³/mol. The highest BCUT2D eigenvalue weighted by Crippen LogP contribution is 2.29. The first kappa shape index (κ1) is 15.5. The van der Waals surface area contributed by atoms with E-state index in [0.29, 0.717) is 0 Å². The maximum absolute atomic E-state index is 11.5. The molecule has 0 unspecified atom stereocenters. The van der Waals surface area contributed by atoms with Crippen LogP contribution in [-0.4, -0.2) is 28.8 Å². The molecule has 4 heteroatoms. The fraction of sp³-hybridized carbons (Fsp3) is 0.368. The van der Waals surface area contributed by atoms with Gasteiger partial charge in [-0.1, -0.05) is 12.2 Å². The third-order valence-corrected chi connectivity index (χ3v) is 4.25. The Kier molecular flexibility index (Phi) is 4.60. The monoisotopic (exact) mass is 309 g/mol. The number of nitrogens with one attached hydrogen (secondary N) is 1. The smallest absolute Gasteiger partial charge is 0.153 e. The van der Waals surface area contributed by atoms with E-state index in [4.69, 9.17) is 0 Å². The average molecular weight is 309 g/mol. The molecular formula is C19H23N3O. The zero-order valence-electron chi connectivity index (χ0n) is 13.8. The van der Waals surface area contributed by atoms with Crippen LogP contribution in [0, 0.1) is 0 Å². The third kappa shape index (κ3) is 3.36. The van der Waals surface area contributed by atoms with E-state index in [1.165, 1.54) is 24.9 Å². The minimum Gasteiger partial charge on any atom is -0.370 e. The number of anilines is 1. The first-order chi connectivity index (χ1) is 11.2. The number of carbonyl (C=O) groups excluding carboxylic acids is 1. The van der Waals surface area contributed by atoms with Crippen molar-refractivity contribution in [2.24, 2.45) is 0 Å². The number of hydrogen-bond acceptors (Lipinski definition) is 3. The van der Waals surface area contributed by atoms with Gasteiger partial charge in [-0.05, 0) is 50.8 Å². The maximum atomic E-state index is 11.5. The molecule has 0 amide bonds. The minimum absolute atomic E-state index is 0.0487. The summed E-state index contributed by atoms with van der Waals surface area (Å²) in [5.41, 5.74) is 3.98. The first-order valence-electron chi connectivity index (χ1n) is 8.26. The number of aromatic nitrogens is 2. The highest BCUT2D eigenvalue weighted by molar-refractivity contribution is 6.02. The van der Waals surface area contributed by atoms with E-state index in [0.717, 1.165) is 35.3 Å². The highest BCUT2D eigenvalue weighted by atomic mass is 16.1. The van der Waals surface area contributed by atoms with Crippen LogP contribution in [0.1, 0.15) is 38.7 Å². The Morgan fingerprint density at radius 1 is 1.30 bits per heavy atom. The van der Waals surface area contributed by atoms with Crippen LogP contribution in [0.5, 0.6) is 0 Å². The van der Waals surface area contributed by atoms with E-state index in [1.807, 2.05) is 31.5 Å². The number of H-pyrrole nitrogens is 1. The number of aromatic amines is 1. The number of rotatable bonds is 4. The quantitative estimate of drug-likeness (QED) is 0.683. The van der Waals surface area contributed by atoms with Gasteiger partial charge in [0.05, 0.1) is 11.9 Å². The van der Waals surface area contributed by atoms with Crippen molar-refractivity contribution in [2.75, 3.05) is 18.0 Å². The van der Waals surface area contributed by atoms with Gasteiger partial charge in [-0.15, -0.1) is 0 Å². The van der Waals surface area contributed by atoms with Crippen LogP contribution in [0.3, 0.4) is 0 Å². The fourth-order valence-electron chi connectivity index (χ4n) is 3.17. The van der Waals surface area contributed by atoms with Gasteiger partial charge in [0, 0.05) is 30.2 Å². The van der Waals surface area contributed by atoms with Crippen LogP contribution in [0.25, 0.3) is 16.6 Å². The molecule has 0 spiro atoms. The summed E-state index contributed by atoms with van der Waals surface area (Å²) in [6, 6.07) is 2.19. The van der Waals surface area contributed by atoms with Crippen LogP contribution in [0.4, 0.5) is 5.69 Å². The fourth-order valence-corrected chi connectivity index (χ4v) is 3.17. The molecule has 0 atom stereocenters. The molecule has 0 bridgehead atoms. The summed E-state index contributed by atoms with van der Waals surface area (Å²) in [5, 5.41) is 1.07. The van der Waals surface area contributed by atoms with E-state index in [1.54, 1.807) is 13.0 Å². The van der Waals surface area contributed by atoms with E-state index >= 15 is 0 Å². The van der Waals surface area contributed by atoms with Gasteiger partial charge in [-0.25, -0.2) is 4.98 Å². The molecule has 0 aromatic carbocycles. The second-order valence-electron chi connectivity index (χ2n) is 6.05. The summed E-state index contributed by atoms with van der Waals surface area (Å²) in [4.78, 5) is 21.7. The molecule has 1 N–H and O–H groups in total. The van der Waals surface area contributed by atoms with Crippen molar-refractivity contribution in [1.82, 2.24) is 9.97 Å². The first-order valence-corrected chi connectivity index (χ1v) is 8.26. The Morgan fingerprint density at radius 3 is 2.78 bits per heavy atom. The Bertz CT molecular complexity index is 764. The number of allylic oxidation sites excluding steroid dienone is 4. The Hall–Kier alpha value is -2.36. The van der Waals surface area contributed by atoms with Gasteiger partial charge in [0.25, 0.3) is 0 Å². The molecule has 2 aromatic rings. The summed E-state index contributed by atoms with van der Waals surface area (Å²) < 4.78 is 0. The molecule has 0 radical (unpaired) electrons. The third-order valence-electron chi connectivity index (χ3n) is 4.25. The number of pyridine rings is 1. The van der Waals surface area contributed by atoms with E-state index in [2.05, 4.69) is 20.9 Å². The summed E-state index contributed by atoms with van der Waals surface area (Å²) in [5.74, 6) is 0.0487. The molecule has 0 saturated carbocycles.